The van der Waals surface area contributed by atoms with Crippen molar-refractivity contribution in [2.45, 2.75) is 59.4 Å². The molecule has 2 atom stereocenters. The molecule has 1 rings (SSSR count). The summed E-state index contributed by atoms with van der Waals surface area (Å²) in [4.78, 5) is 2.57. The Morgan fingerprint density at radius 2 is 1.76 bits per heavy atom. The van der Waals surface area contributed by atoms with Crippen molar-refractivity contribution in [3.05, 3.63) is 0 Å². The minimum absolute atomic E-state index is 0.673. The fourth-order valence-electron chi connectivity index (χ4n) is 3.29. The van der Waals surface area contributed by atoms with E-state index in [1.165, 1.54) is 19.3 Å². The van der Waals surface area contributed by atoms with Crippen molar-refractivity contribution in [2.24, 2.45) is 17.8 Å². The van der Waals surface area contributed by atoms with Crippen molar-refractivity contribution in [3.8, 4) is 6.07 Å². The van der Waals surface area contributed by atoms with Crippen molar-refractivity contribution >= 4 is 0 Å². The van der Waals surface area contributed by atoms with E-state index in [0.29, 0.717) is 18.4 Å². The lowest BCUT2D eigenvalue weighted by molar-refractivity contribution is 0.100. The van der Waals surface area contributed by atoms with E-state index in [2.05, 4.69) is 38.7 Å². The zero-order chi connectivity index (χ0) is 12.8. The Bertz CT molecular complexity index is 244. The second kappa shape index (κ2) is 7.01. The van der Waals surface area contributed by atoms with Gasteiger partial charge in [0.15, 0.2) is 0 Å². The second-order valence-corrected chi connectivity index (χ2v) is 6.37. The number of nitriles is 1. The van der Waals surface area contributed by atoms with E-state index >= 15 is 0 Å². The molecule has 1 fully saturated rings. The Morgan fingerprint density at radius 3 is 2.24 bits per heavy atom. The zero-order valence-corrected chi connectivity index (χ0v) is 11.9. The van der Waals surface area contributed by atoms with Gasteiger partial charge in [-0.15, -0.1) is 0 Å². The van der Waals surface area contributed by atoms with Gasteiger partial charge in [0.05, 0.1) is 6.07 Å². The standard InChI is InChI=1S/C15H28N2/c1-12(2)11-17(7-5-6-16)15-9-13(3)8-14(4)10-15/h12-15H,5,7-11H2,1-4H3. The van der Waals surface area contributed by atoms with Gasteiger partial charge in [-0.2, -0.15) is 5.26 Å². The molecule has 0 saturated heterocycles. The Kier molecular flexibility index (Phi) is 5.98. The first-order chi connectivity index (χ1) is 8.02. The van der Waals surface area contributed by atoms with Gasteiger partial charge in [0.1, 0.15) is 0 Å². The number of hydrogen-bond donors (Lipinski definition) is 0. The summed E-state index contributed by atoms with van der Waals surface area (Å²) in [5.74, 6) is 2.39. The third kappa shape index (κ3) is 5.08. The van der Waals surface area contributed by atoms with Crippen molar-refractivity contribution in [2.75, 3.05) is 13.1 Å². The number of nitrogens with zero attached hydrogens (tertiary/aromatic N) is 2. The maximum atomic E-state index is 8.77. The Labute approximate surface area is 107 Å². The van der Waals surface area contributed by atoms with Gasteiger partial charge < -0.3 is 0 Å². The first-order valence-corrected chi connectivity index (χ1v) is 7.13. The molecule has 0 radical (unpaired) electrons. The predicted molar refractivity (Wildman–Crippen MR) is 72.6 cm³/mol. The molecular weight excluding hydrogens is 208 g/mol. The lowest BCUT2D eigenvalue weighted by atomic mass is 9.79. The maximum Gasteiger partial charge on any atom is 0.0635 e. The molecule has 0 aromatic carbocycles. The highest BCUT2D eigenvalue weighted by Crippen LogP contribution is 2.31. The molecule has 17 heavy (non-hydrogen) atoms. The monoisotopic (exact) mass is 236 g/mol. The summed E-state index contributed by atoms with van der Waals surface area (Å²) >= 11 is 0. The molecule has 0 spiro atoms. The van der Waals surface area contributed by atoms with E-state index in [0.717, 1.165) is 24.9 Å². The van der Waals surface area contributed by atoms with Crippen LogP contribution < -0.4 is 0 Å². The summed E-state index contributed by atoms with van der Waals surface area (Å²) < 4.78 is 0. The molecule has 2 nitrogen and oxygen atoms in total. The normalized spacial score (nSPS) is 29.6. The van der Waals surface area contributed by atoms with E-state index in [1.807, 2.05) is 0 Å². The van der Waals surface area contributed by atoms with E-state index in [9.17, 15) is 0 Å². The average Bonchev–Trinajstić information content (AvgIpc) is 2.22. The van der Waals surface area contributed by atoms with Gasteiger partial charge >= 0.3 is 0 Å². The minimum atomic E-state index is 0.673. The summed E-state index contributed by atoms with van der Waals surface area (Å²) in [6.07, 6.45) is 4.70. The summed E-state index contributed by atoms with van der Waals surface area (Å²) in [7, 11) is 0. The first-order valence-electron chi connectivity index (χ1n) is 7.13. The highest BCUT2D eigenvalue weighted by atomic mass is 15.2. The van der Waals surface area contributed by atoms with E-state index in [-0.39, 0.29) is 0 Å². The first kappa shape index (κ1) is 14.5. The molecule has 0 bridgehead atoms. The van der Waals surface area contributed by atoms with Crippen LogP contribution in [0.2, 0.25) is 0 Å². The lowest BCUT2D eigenvalue weighted by Gasteiger charge is -2.39. The molecular formula is C15H28N2. The average molecular weight is 236 g/mol. The molecule has 1 aliphatic carbocycles. The van der Waals surface area contributed by atoms with Gasteiger partial charge in [-0.3, -0.25) is 4.90 Å². The molecule has 1 aliphatic rings. The molecule has 1 saturated carbocycles. The summed E-state index contributed by atoms with van der Waals surface area (Å²) in [6, 6.07) is 3.00. The lowest BCUT2D eigenvalue weighted by Crippen LogP contribution is -2.42. The molecule has 0 aromatic rings. The molecule has 0 N–H and O–H groups in total. The molecule has 98 valence electrons. The van der Waals surface area contributed by atoms with Crippen LogP contribution in [0.1, 0.15) is 53.4 Å². The van der Waals surface area contributed by atoms with Crippen LogP contribution in [0.25, 0.3) is 0 Å². The maximum absolute atomic E-state index is 8.77. The quantitative estimate of drug-likeness (QED) is 0.728. The summed E-state index contributed by atoms with van der Waals surface area (Å²) in [6.45, 7) is 11.4. The second-order valence-electron chi connectivity index (χ2n) is 6.37. The van der Waals surface area contributed by atoms with Crippen LogP contribution in [0.5, 0.6) is 0 Å². The van der Waals surface area contributed by atoms with Crippen molar-refractivity contribution in [3.63, 3.8) is 0 Å². The third-order valence-corrected chi connectivity index (χ3v) is 3.78. The van der Waals surface area contributed by atoms with Crippen LogP contribution in [-0.2, 0) is 0 Å². The van der Waals surface area contributed by atoms with Crippen LogP contribution in [0.4, 0.5) is 0 Å². The fraction of sp³-hybridized carbons (Fsp3) is 0.933. The molecule has 0 aliphatic heterocycles. The van der Waals surface area contributed by atoms with Crippen LogP contribution in [0.3, 0.4) is 0 Å². The van der Waals surface area contributed by atoms with Crippen molar-refractivity contribution in [1.82, 2.24) is 4.90 Å². The van der Waals surface area contributed by atoms with Gasteiger partial charge in [0.2, 0.25) is 0 Å². The van der Waals surface area contributed by atoms with Crippen LogP contribution in [0.15, 0.2) is 0 Å². The van der Waals surface area contributed by atoms with Gasteiger partial charge in [-0.1, -0.05) is 27.7 Å². The van der Waals surface area contributed by atoms with E-state index in [4.69, 9.17) is 5.26 Å². The Balaban J connectivity index is 2.57. The molecule has 0 heterocycles. The Morgan fingerprint density at radius 1 is 1.18 bits per heavy atom. The summed E-state index contributed by atoms with van der Waals surface area (Å²) in [5.41, 5.74) is 0. The number of hydrogen-bond acceptors (Lipinski definition) is 2. The van der Waals surface area contributed by atoms with Crippen molar-refractivity contribution < 1.29 is 0 Å². The smallest absolute Gasteiger partial charge is 0.0635 e. The van der Waals surface area contributed by atoms with Gasteiger partial charge in [0.25, 0.3) is 0 Å². The number of rotatable bonds is 5. The highest BCUT2D eigenvalue weighted by Gasteiger charge is 2.28. The van der Waals surface area contributed by atoms with Crippen LogP contribution in [0, 0.1) is 29.1 Å². The molecule has 0 aromatic heterocycles. The highest BCUT2D eigenvalue weighted by molar-refractivity contribution is 4.84. The van der Waals surface area contributed by atoms with Gasteiger partial charge in [-0.05, 0) is 37.0 Å². The third-order valence-electron chi connectivity index (χ3n) is 3.78. The topological polar surface area (TPSA) is 27.0 Å². The van der Waals surface area contributed by atoms with Gasteiger partial charge in [-0.25, -0.2) is 0 Å². The largest absolute Gasteiger partial charge is 0.299 e. The van der Waals surface area contributed by atoms with Crippen LogP contribution in [-0.4, -0.2) is 24.0 Å². The zero-order valence-electron chi connectivity index (χ0n) is 11.9. The van der Waals surface area contributed by atoms with Gasteiger partial charge in [0, 0.05) is 25.6 Å². The minimum Gasteiger partial charge on any atom is -0.299 e. The Hall–Kier alpha value is -0.550. The van der Waals surface area contributed by atoms with Crippen molar-refractivity contribution in [1.29, 1.82) is 5.26 Å². The summed E-state index contributed by atoms with van der Waals surface area (Å²) in [5, 5.41) is 8.77. The van der Waals surface area contributed by atoms with Crippen LogP contribution >= 0.6 is 0 Å². The molecule has 2 heteroatoms. The van der Waals surface area contributed by atoms with E-state index < -0.39 is 0 Å². The molecule has 0 amide bonds. The SMILES string of the molecule is CC(C)CN(CCC#N)C1CC(C)CC(C)C1. The predicted octanol–water partition coefficient (Wildman–Crippen LogP) is 3.68. The van der Waals surface area contributed by atoms with E-state index in [1.54, 1.807) is 0 Å². The molecule has 2 unspecified atom stereocenters. The fourth-order valence-corrected chi connectivity index (χ4v) is 3.29.